The van der Waals surface area contributed by atoms with E-state index in [9.17, 15) is 4.79 Å². The van der Waals surface area contributed by atoms with Crippen LogP contribution in [0, 0.1) is 0 Å². The van der Waals surface area contributed by atoms with Crippen LogP contribution in [0.2, 0.25) is 0 Å². The molecule has 136 valence electrons. The molecule has 0 bridgehead atoms. The van der Waals surface area contributed by atoms with Crippen molar-refractivity contribution in [1.82, 2.24) is 9.80 Å². The van der Waals surface area contributed by atoms with E-state index in [1.165, 1.54) is 5.56 Å². The molecule has 1 fully saturated rings. The summed E-state index contributed by atoms with van der Waals surface area (Å²) in [4.78, 5) is 17.0. The van der Waals surface area contributed by atoms with Gasteiger partial charge in [0.15, 0.2) is 0 Å². The minimum atomic E-state index is -0.230. The number of urea groups is 1. The van der Waals surface area contributed by atoms with Gasteiger partial charge in [-0.2, -0.15) is 0 Å². The Morgan fingerprint density at radius 3 is 2.56 bits per heavy atom. The van der Waals surface area contributed by atoms with Crippen molar-refractivity contribution in [3.63, 3.8) is 0 Å². The van der Waals surface area contributed by atoms with Gasteiger partial charge >= 0.3 is 6.03 Å². The van der Waals surface area contributed by atoms with Crippen molar-refractivity contribution in [3.8, 4) is 11.5 Å². The molecule has 0 N–H and O–H groups in total. The van der Waals surface area contributed by atoms with Crippen LogP contribution in [0.4, 0.5) is 4.79 Å². The molecule has 0 spiro atoms. The standard InChI is InChI=1S/C20H28N2O3/c1-6-20(3)18-10-8-9-16-14(11-15(24-4)12-17(16)25-5)13-21(18)19(23)22(20)7-2/h10-12H,6-9,13H2,1-5H3/b18-10-. The normalized spacial score (nSPS) is 24.8. The fraction of sp³-hybridized carbons (Fsp3) is 0.550. The van der Waals surface area contributed by atoms with E-state index in [1.54, 1.807) is 14.2 Å². The Balaban J connectivity index is 2.09. The minimum absolute atomic E-state index is 0.0905. The lowest BCUT2D eigenvalue weighted by atomic mass is 9.90. The van der Waals surface area contributed by atoms with E-state index in [4.69, 9.17) is 9.47 Å². The van der Waals surface area contributed by atoms with Crippen molar-refractivity contribution in [1.29, 1.82) is 0 Å². The lowest BCUT2D eigenvalue weighted by Crippen LogP contribution is -2.43. The second kappa shape index (κ2) is 6.62. The topological polar surface area (TPSA) is 42.0 Å². The van der Waals surface area contributed by atoms with E-state index >= 15 is 0 Å². The molecular formula is C20H28N2O3. The van der Waals surface area contributed by atoms with E-state index in [0.29, 0.717) is 13.1 Å². The SMILES string of the molecule is CCN1C(=O)N2Cc3cc(OC)cc(OC)c3CC/C=C\2C1(C)CC. The zero-order valence-corrected chi connectivity index (χ0v) is 15.9. The zero-order valence-electron chi connectivity index (χ0n) is 15.9. The quantitative estimate of drug-likeness (QED) is 0.830. The number of hydrogen-bond acceptors (Lipinski definition) is 3. The molecule has 1 aromatic carbocycles. The van der Waals surface area contributed by atoms with Crippen molar-refractivity contribution >= 4 is 6.03 Å². The Hall–Kier alpha value is -2.17. The maximum atomic E-state index is 13.1. The predicted octanol–water partition coefficient (Wildman–Crippen LogP) is 3.96. The summed E-state index contributed by atoms with van der Waals surface area (Å²) in [6.45, 7) is 7.64. The van der Waals surface area contributed by atoms with E-state index in [-0.39, 0.29) is 11.6 Å². The van der Waals surface area contributed by atoms with Crippen LogP contribution in [-0.2, 0) is 13.0 Å². The number of rotatable bonds is 4. The average Bonchev–Trinajstić information content (AvgIpc) is 2.80. The van der Waals surface area contributed by atoms with Gasteiger partial charge in [0.2, 0.25) is 0 Å². The number of nitrogens with zero attached hydrogens (tertiary/aromatic N) is 2. The number of carbonyl (C=O) groups is 1. The summed E-state index contributed by atoms with van der Waals surface area (Å²) in [5.74, 6) is 1.60. The molecule has 2 aliphatic rings. The second-order valence-electron chi connectivity index (χ2n) is 6.84. The molecule has 1 atom stereocenters. The first kappa shape index (κ1) is 17.6. The van der Waals surface area contributed by atoms with Crippen LogP contribution in [0.25, 0.3) is 0 Å². The van der Waals surface area contributed by atoms with Crippen LogP contribution >= 0.6 is 0 Å². The minimum Gasteiger partial charge on any atom is -0.497 e. The van der Waals surface area contributed by atoms with Crippen LogP contribution in [0.3, 0.4) is 0 Å². The molecular weight excluding hydrogens is 316 g/mol. The molecule has 25 heavy (non-hydrogen) atoms. The molecule has 2 aliphatic heterocycles. The molecule has 0 radical (unpaired) electrons. The van der Waals surface area contributed by atoms with Crippen molar-refractivity contribution in [2.45, 2.75) is 52.1 Å². The van der Waals surface area contributed by atoms with Gasteiger partial charge in [0, 0.05) is 18.3 Å². The number of fused-ring (bicyclic) bond motifs is 2. The molecule has 1 unspecified atom stereocenters. The first-order chi connectivity index (χ1) is 12.0. The summed E-state index contributed by atoms with van der Waals surface area (Å²) in [7, 11) is 3.34. The van der Waals surface area contributed by atoms with E-state index in [0.717, 1.165) is 42.0 Å². The van der Waals surface area contributed by atoms with Gasteiger partial charge in [-0.3, -0.25) is 4.90 Å². The maximum Gasteiger partial charge on any atom is 0.325 e. The average molecular weight is 344 g/mol. The first-order valence-corrected chi connectivity index (χ1v) is 9.03. The number of carbonyl (C=O) groups excluding carboxylic acids is 1. The second-order valence-corrected chi connectivity index (χ2v) is 6.84. The van der Waals surface area contributed by atoms with Gasteiger partial charge in [-0.15, -0.1) is 0 Å². The zero-order chi connectivity index (χ0) is 18.2. The molecule has 2 amide bonds. The highest BCUT2D eigenvalue weighted by molar-refractivity contribution is 5.82. The highest BCUT2D eigenvalue weighted by Crippen LogP contribution is 2.42. The molecule has 1 aromatic rings. The highest BCUT2D eigenvalue weighted by atomic mass is 16.5. The summed E-state index contributed by atoms with van der Waals surface area (Å²) in [6, 6.07) is 4.05. The van der Waals surface area contributed by atoms with Crippen LogP contribution < -0.4 is 9.47 Å². The van der Waals surface area contributed by atoms with Gasteiger partial charge in [0.25, 0.3) is 0 Å². The first-order valence-electron chi connectivity index (χ1n) is 9.03. The van der Waals surface area contributed by atoms with Gasteiger partial charge in [-0.05, 0) is 50.3 Å². The van der Waals surface area contributed by atoms with Gasteiger partial charge in [-0.25, -0.2) is 4.79 Å². The Kier molecular flexibility index (Phi) is 4.67. The van der Waals surface area contributed by atoms with Crippen LogP contribution in [-0.4, -0.2) is 42.1 Å². The Bertz CT molecular complexity index is 713. The van der Waals surface area contributed by atoms with E-state index in [2.05, 4.69) is 19.9 Å². The molecule has 0 saturated carbocycles. The molecule has 1 saturated heterocycles. The van der Waals surface area contributed by atoms with Gasteiger partial charge in [0.05, 0.1) is 26.3 Å². The lowest BCUT2D eigenvalue weighted by Gasteiger charge is -2.33. The van der Waals surface area contributed by atoms with E-state index < -0.39 is 0 Å². The number of allylic oxidation sites excluding steroid dienone is 1. The number of benzene rings is 1. The Labute approximate surface area is 150 Å². The molecule has 0 aromatic heterocycles. The predicted molar refractivity (Wildman–Crippen MR) is 98.0 cm³/mol. The lowest BCUT2D eigenvalue weighted by molar-refractivity contribution is 0.168. The molecule has 0 aliphatic carbocycles. The van der Waals surface area contributed by atoms with Gasteiger partial charge in [-0.1, -0.05) is 13.0 Å². The summed E-state index contributed by atoms with van der Waals surface area (Å²) in [6.07, 6.45) is 4.94. The highest BCUT2D eigenvalue weighted by Gasteiger charge is 2.48. The smallest absolute Gasteiger partial charge is 0.325 e. The number of likely N-dealkylation sites (N-methyl/N-ethyl adjacent to an activating group) is 1. The summed E-state index contributed by atoms with van der Waals surface area (Å²) in [5, 5.41) is 0. The number of methoxy groups -OCH3 is 2. The van der Waals surface area contributed by atoms with Crippen molar-refractivity contribution in [3.05, 3.63) is 35.0 Å². The molecule has 2 heterocycles. The summed E-state index contributed by atoms with van der Waals surface area (Å²) < 4.78 is 11.0. The Morgan fingerprint density at radius 1 is 1.20 bits per heavy atom. The summed E-state index contributed by atoms with van der Waals surface area (Å²) >= 11 is 0. The molecule has 5 heteroatoms. The third-order valence-electron chi connectivity index (χ3n) is 5.70. The largest absolute Gasteiger partial charge is 0.497 e. The number of hydrogen-bond donors (Lipinski definition) is 0. The summed E-state index contributed by atoms with van der Waals surface area (Å²) in [5.41, 5.74) is 3.17. The van der Waals surface area contributed by atoms with Crippen molar-refractivity contribution < 1.29 is 14.3 Å². The van der Waals surface area contributed by atoms with Crippen LogP contribution in [0.15, 0.2) is 23.9 Å². The number of amides is 2. The van der Waals surface area contributed by atoms with Gasteiger partial charge in [0.1, 0.15) is 11.5 Å². The maximum absolute atomic E-state index is 13.1. The van der Waals surface area contributed by atoms with Crippen LogP contribution in [0.1, 0.15) is 44.7 Å². The number of ether oxygens (including phenoxy) is 2. The third kappa shape index (κ3) is 2.66. The van der Waals surface area contributed by atoms with Gasteiger partial charge < -0.3 is 14.4 Å². The molecule has 3 rings (SSSR count). The van der Waals surface area contributed by atoms with Crippen molar-refractivity contribution in [2.75, 3.05) is 20.8 Å². The molecule has 5 nitrogen and oxygen atoms in total. The van der Waals surface area contributed by atoms with E-state index in [1.807, 2.05) is 28.9 Å². The fourth-order valence-corrected chi connectivity index (χ4v) is 4.15. The van der Waals surface area contributed by atoms with Crippen LogP contribution in [0.5, 0.6) is 11.5 Å². The van der Waals surface area contributed by atoms with Crippen molar-refractivity contribution in [2.24, 2.45) is 0 Å². The fourth-order valence-electron chi connectivity index (χ4n) is 4.15. The monoisotopic (exact) mass is 344 g/mol. The third-order valence-corrected chi connectivity index (χ3v) is 5.70. The Morgan fingerprint density at radius 2 is 1.96 bits per heavy atom.